The molecule has 0 unspecified atom stereocenters. The van der Waals surface area contributed by atoms with Crippen LogP contribution in [0.3, 0.4) is 0 Å². The number of ether oxygens (including phenoxy) is 5. The van der Waals surface area contributed by atoms with Crippen molar-refractivity contribution in [1.29, 1.82) is 0 Å². The van der Waals surface area contributed by atoms with Gasteiger partial charge in [0.2, 0.25) is 11.8 Å². The number of amides is 2. The van der Waals surface area contributed by atoms with Crippen LogP contribution >= 0.6 is 0 Å². The Morgan fingerprint density at radius 1 is 0.248 bits per heavy atom. The molecule has 0 bridgehead atoms. The van der Waals surface area contributed by atoms with E-state index in [0.29, 0.717) is 79.7 Å². The maximum atomic E-state index is 13.7. The minimum absolute atomic E-state index is 0.00502. The molecular weight excluding hydrogens is 1860 g/mol. The van der Waals surface area contributed by atoms with Crippen molar-refractivity contribution in [2.75, 3.05) is 66.0 Å². The number of carbonyl (C=O) groups excluding carboxylic acids is 3. The molecule has 0 heterocycles. The number of fused-ring (bicyclic) bond motifs is 3. The van der Waals surface area contributed by atoms with E-state index in [2.05, 4.69) is 201 Å². The summed E-state index contributed by atoms with van der Waals surface area (Å²) < 4.78 is 57.5. The number of rotatable bonds is 80. The van der Waals surface area contributed by atoms with E-state index >= 15 is 0 Å². The first-order valence-corrected chi connectivity index (χ1v) is 67.3. The summed E-state index contributed by atoms with van der Waals surface area (Å²) in [4.78, 5) is 39.3. The SMILES string of the molecule is CC(C)[Si](OCCCCCCCCCCCOc1ccc(C(NC(=O)CCC(=O)OCC2c3ccccc3-c3ccccc32)c2ccc(OCCCCCCCCCCCO[Si](C(C)C)(C(C)C)C(C)C)cc2)cc1)(C(C)C)C(C)C.CC(C)[Si](OCCCCCCCCCCCOc1ccc(C(NC(=O)CN)c2ccc(OCCCCCCCCCCCO[Si](C(C)C)(C(C)C)C(C)C)cc2)cc1)(C(C)C)C(C)C. The van der Waals surface area contributed by atoms with Crippen LogP contribution in [0, 0.1) is 0 Å². The van der Waals surface area contributed by atoms with Crippen LogP contribution < -0.4 is 35.3 Å². The molecule has 0 fully saturated rings. The fourth-order valence-corrected chi connectivity index (χ4v) is 46.6. The Balaban J connectivity index is 0.000000457. The predicted octanol–water partition coefficient (Wildman–Crippen LogP) is 36.2. The fourth-order valence-electron chi connectivity index (χ4n) is 24.6. The Hall–Kier alpha value is -6.40. The second-order valence-electron chi connectivity index (χ2n) is 46.2. The van der Waals surface area contributed by atoms with Crippen molar-refractivity contribution in [2.45, 2.75) is 495 Å². The van der Waals surface area contributed by atoms with Gasteiger partial charge in [0, 0.05) is 38.8 Å². The molecule has 4 N–H and O–H groups in total. The number of hydrogen-bond acceptors (Lipinski definition) is 13. The Kier molecular flexibility index (Phi) is 62.0. The monoisotopic (exact) mass is 2070 g/mol. The lowest BCUT2D eigenvalue weighted by molar-refractivity contribution is -0.145. The van der Waals surface area contributed by atoms with Crippen molar-refractivity contribution >= 4 is 51.1 Å². The second-order valence-corrected chi connectivity index (χ2v) is 68.0. The van der Waals surface area contributed by atoms with E-state index in [1.807, 2.05) is 121 Å². The zero-order valence-corrected chi connectivity index (χ0v) is 100. The maximum Gasteiger partial charge on any atom is 0.306 e. The molecule has 0 saturated carbocycles. The summed E-state index contributed by atoms with van der Waals surface area (Å²) in [6.45, 7) is 63.6. The van der Waals surface area contributed by atoms with Crippen molar-refractivity contribution in [3.05, 3.63) is 179 Å². The Morgan fingerprint density at radius 3 is 0.648 bits per heavy atom. The van der Waals surface area contributed by atoms with Crippen molar-refractivity contribution in [3.63, 3.8) is 0 Å². The first-order chi connectivity index (χ1) is 69.6. The highest BCUT2D eigenvalue weighted by molar-refractivity contribution is 6.79. The molecule has 1 aliphatic rings. The fraction of sp³-hybridized carbons (Fsp3) is 0.690. The molecule has 15 nitrogen and oxygen atoms in total. The standard InChI is InChI=1S/C71H111NO7Si2.C55H100N2O5Si2/c1-54(2)80(55(3)4,56(5)6)78-51-33-25-21-17-13-15-19-23-31-49-75-62-43-39-60(40-44-62)71(72-69(73)47-48-70(74)77-53-68-66-37-29-27-35-64(66)65-36-28-30-38-67(65)68)61-41-45-63(46-42-61)76-50-32-24-20-16-14-18-22-26-34-52-79-81(57(7)8,58(9)10)59(11)12;1-44(2)63(45(3)4,46(5)6)61-41-29-25-21-17-13-15-19-23-27-39-59-52-35-31-50(32-36-52)55(57-54(58)43-56)51-33-37-53(38-34-51)60-40-28-24-20-16-14-18-22-26-30-42-62-64(47(7)8,48(9)10)49(11)12/h27-30,35-46,54-59,68,71H,13-26,31-34,47-53H2,1-12H3,(H,72,73);31-38,44-49,55H,13-30,39-43,56H2,1-12H3,(H,57,58). The van der Waals surface area contributed by atoms with Gasteiger partial charge in [-0.15, -0.1) is 0 Å². The third-order valence-corrected chi connectivity index (χ3v) is 56.5. The van der Waals surface area contributed by atoms with Gasteiger partial charge >= 0.3 is 5.97 Å². The smallest absolute Gasteiger partial charge is 0.306 e. The second kappa shape index (κ2) is 70.7. The van der Waals surface area contributed by atoms with E-state index in [4.69, 9.17) is 47.1 Å². The highest BCUT2D eigenvalue weighted by Gasteiger charge is 2.48. The number of benzene rings is 6. The molecule has 7 rings (SSSR count). The van der Waals surface area contributed by atoms with Gasteiger partial charge in [-0.3, -0.25) is 14.4 Å². The molecule has 0 aliphatic heterocycles. The van der Waals surface area contributed by atoms with Crippen LogP contribution in [-0.4, -0.2) is 117 Å². The van der Waals surface area contributed by atoms with E-state index in [1.54, 1.807) is 0 Å². The van der Waals surface area contributed by atoms with Gasteiger partial charge in [0.1, 0.15) is 29.6 Å². The highest BCUT2D eigenvalue weighted by atomic mass is 28.4. The first kappa shape index (κ1) is 127. The number of nitrogens with one attached hydrogen (secondary N) is 2. The van der Waals surface area contributed by atoms with Crippen molar-refractivity contribution < 1.29 is 55.8 Å². The van der Waals surface area contributed by atoms with E-state index < -0.39 is 39.3 Å². The normalized spacial score (nSPS) is 12.7. The topological polar surface area (TPSA) is 184 Å². The predicted molar refractivity (Wildman–Crippen MR) is 625 cm³/mol. The molecule has 0 aromatic heterocycles. The summed E-state index contributed by atoms with van der Waals surface area (Å²) in [7, 11) is -6.96. The third-order valence-electron chi connectivity index (χ3n) is 32.0. The number of esters is 1. The third kappa shape index (κ3) is 42.6. The largest absolute Gasteiger partial charge is 0.494 e. The number of hydrogen-bond donors (Lipinski definition) is 3. The van der Waals surface area contributed by atoms with Gasteiger partial charge < -0.3 is 57.8 Å². The maximum absolute atomic E-state index is 13.7. The molecular formula is C126H211N3O12Si4. The number of unbranched alkanes of at least 4 members (excludes halogenated alkanes) is 32. The van der Waals surface area contributed by atoms with Gasteiger partial charge in [-0.2, -0.15) is 0 Å². The Morgan fingerprint density at radius 2 is 0.441 bits per heavy atom. The molecule has 0 radical (unpaired) electrons. The van der Waals surface area contributed by atoms with Crippen LogP contribution in [0.25, 0.3) is 11.1 Å². The minimum atomic E-state index is -1.75. The van der Waals surface area contributed by atoms with Crippen molar-refractivity contribution in [1.82, 2.24) is 10.6 Å². The van der Waals surface area contributed by atoms with Crippen LogP contribution in [0.2, 0.25) is 66.5 Å². The zero-order valence-electron chi connectivity index (χ0n) is 96.4. The summed E-state index contributed by atoms with van der Waals surface area (Å²) in [6.07, 6.45) is 44.6. The lowest BCUT2D eigenvalue weighted by atomic mass is 9.98. The van der Waals surface area contributed by atoms with Crippen LogP contribution in [0.5, 0.6) is 23.0 Å². The van der Waals surface area contributed by atoms with Crippen LogP contribution in [0.1, 0.15) is 462 Å². The summed E-state index contributed by atoms with van der Waals surface area (Å²) in [5, 5.41) is 6.35. The van der Waals surface area contributed by atoms with Gasteiger partial charge in [-0.05, 0) is 211 Å². The molecule has 6 aromatic rings. The van der Waals surface area contributed by atoms with E-state index in [1.165, 1.54) is 215 Å². The van der Waals surface area contributed by atoms with Gasteiger partial charge in [0.05, 0.1) is 51.5 Å². The zero-order chi connectivity index (χ0) is 106. The summed E-state index contributed by atoms with van der Waals surface area (Å²) in [6, 6.07) is 48.2. The van der Waals surface area contributed by atoms with Crippen LogP contribution in [-0.2, 0) is 36.8 Å². The highest BCUT2D eigenvalue weighted by Crippen LogP contribution is 2.49. The quantitative estimate of drug-likeness (QED) is 0.0186. The van der Waals surface area contributed by atoms with Crippen LogP contribution in [0.4, 0.5) is 0 Å². The summed E-state index contributed by atoms with van der Waals surface area (Å²) >= 11 is 0. The summed E-state index contributed by atoms with van der Waals surface area (Å²) in [5.74, 6) is 2.54. The molecule has 6 aromatic carbocycles. The molecule has 1 aliphatic carbocycles. The molecule has 0 atom stereocenters. The molecule has 145 heavy (non-hydrogen) atoms. The Labute approximate surface area is 891 Å². The number of nitrogens with two attached hydrogens (primary N) is 1. The van der Waals surface area contributed by atoms with E-state index in [0.717, 1.165) is 123 Å². The lowest BCUT2D eigenvalue weighted by Crippen LogP contribution is -2.47. The van der Waals surface area contributed by atoms with Gasteiger partial charge in [0.15, 0.2) is 33.3 Å². The molecule has 2 amide bonds. The minimum Gasteiger partial charge on any atom is -0.494 e. The van der Waals surface area contributed by atoms with Crippen molar-refractivity contribution in [2.24, 2.45) is 5.73 Å². The average molecular weight is 2070 g/mol. The lowest BCUT2D eigenvalue weighted by Gasteiger charge is -2.42. The van der Waals surface area contributed by atoms with Gasteiger partial charge in [-0.25, -0.2) is 0 Å². The van der Waals surface area contributed by atoms with Gasteiger partial charge in [-0.1, -0.05) is 443 Å². The average Bonchev–Trinajstić information content (AvgIpc) is 1.61. The van der Waals surface area contributed by atoms with Gasteiger partial charge in [0.25, 0.3) is 0 Å². The molecule has 0 spiro atoms. The van der Waals surface area contributed by atoms with Crippen LogP contribution in [0.15, 0.2) is 146 Å². The molecule has 818 valence electrons. The first-order valence-electron chi connectivity index (χ1n) is 58.7. The molecule has 19 heteroatoms. The summed E-state index contributed by atoms with van der Waals surface area (Å²) in [5.41, 5.74) is 22.1. The molecule has 0 saturated heterocycles. The number of carbonyl (C=O) groups is 3. The van der Waals surface area contributed by atoms with Crippen molar-refractivity contribution in [3.8, 4) is 34.1 Å². The van der Waals surface area contributed by atoms with E-state index in [-0.39, 0.29) is 55.7 Å². The Bertz CT molecular complexity index is 4050. The van der Waals surface area contributed by atoms with E-state index in [9.17, 15) is 14.4 Å².